The Kier molecular flexibility index (Phi) is 2.42. The molecular formula is C9H18N2O. The lowest BCUT2D eigenvalue weighted by Gasteiger charge is -2.16. The van der Waals surface area contributed by atoms with Crippen LogP contribution in [0.3, 0.4) is 0 Å². The fraction of sp³-hybridized carbons (Fsp3) is 0.889. The zero-order valence-electron chi connectivity index (χ0n) is 8.35. The number of likely N-dealkylation sites (N-methyl/N-ethyl adjacent to an activating group) is 2. The fourth-order valence-electron chi connectivity index (χ4n) is 1.99. The second-order valence-corrected chi connectivity index (χ2v) is 4.41. The van der Waals surface area contributed by atoms with Crippen LogP contribution in [-0.4, -0.2) is 37.5 Å². The van der Waals surface area contributed by atoms with Gasteiger partial charge >= 0.3 is 0 Å². The third-order valence-electron chi connectivity index (χ3n) is 2.50. The Bertz CT molecular complexity index is 189. The van der Waals surface area contributed by atoms with Gasteiger partial charge in [-0.2, -0.15) is 0 Å². The van der Waals surface area contributed by atoms with Crippen LogP contribution in [-0.2, 0) is 4.79 Å². The Hall–Kier alpha value is -0.570. The molecule has 0 saturated carbocycles. The summed E-state index contributed by atoms with van der Waals surface area (Å²) in [5.74, 6) is 0.142. The molecule has 3 nitrogen and oxygen atoms in total. The summed E-state index contributed by atoms with van der Waals surface area (Å²) in [6.45, 7) is 5.41. The van der Waals surface area contributed by atoms with Crippen molar-refractivity contribution in [2.75, 3.05) is 20.6 Å². The summed E-state index contributed by atoms with van der Waals surface area (Å²) in [4.78, 5) is 13.5. The van der Waals surface area contributed by atoms with E-state index in [0.717, 1.165) is 13.0 Å². The lowest BCUT2D eigenvalue weighted by Crippen LogP contribution is -2.39. The quantitative estimate of drug-likeness (QED) is 0.620. The van der Waals surface area contributed by atoms with E-state index >= 15 is 0 Å². The molecule has 1 unspecified atom stereocenters. The van der Waals surface area contributed by atoms with Gasteiger partial charge in [-0.15, -0.1) is 0 Å². The normalized spacial score (nSPS) is 28.8. The number of nitrogens with zero attached hydrogens (tertiary/aromatic N) is 1. The van der Waals surface area contributed by atoms with Crippen molar-refractivity contribution in [1.82, 2.24) is 10.2 Å². The maximum atomic E-state index is 11.4. The number of carbonyl (C=O) groups excluding carboxylic acids is 1. The molecule has 0 aromatic heterocycles. The third-order valence-corrected chi connectivity index (χ3v) is 2.50. The molecule has 1 N–H and O–H groups in total. The SMILES string of the molecule is CNC(=O)C1CC(C)(C)CN1C. The Balaban J connectivity index is 2.64. The molecular weight excluding hydrogens is 152 g/mol. The molecule has 70 valence electrons. The molecule has 1 rings (SSSR count). The van der Waals surface area contributed by atoms with Crippen molar-refractivity contribution in [1.29, 1.82) is 0 Å². The van der Waals surface area contributed by atoms with Gasteiger partial charge in [0.15, 0.2) is 0 Å². The van der Waals surface area contributed by atoms with Crippen molar-refractivity contribution in [2.24, 2.45) is 5.41 Å². The van der Waals surface area contributed by atoms with Gasteiger partial charge < -0.3 is 5.32 Å². The summed E-state index contributed by atoms with van der Waals surface area (Å²) in [6.07, 6.45) is 0.961. The number of hydrogen-bond acceptors (Lipinski definition) is 2. The zero-order valence-corrected chi connectivity index (χ0v) is 8.35. The second-order valence-electron chi connectivity index (χ2n) is 4.41. The third kappa shape index (κ3) is 1.78. The summed E-state index contributed by atoms with van der Waals surface area (Å²) in [7, 11) is 3.70. The number of nitrogens with one attached hydrogen (secondary N) is 1. The minimum Gasteiger partial charge on any atom is -0.358 e. The minimum atomic E-state index is 0.0741. The highest BCUT2D eigenvalue weighted by Gasteiger charge is 2.38. The second kappa shape index (κ2) is 3.05. The van der Waals surface area contributed by atoms with E-state index in [2.05, 4.69) is 24.1 Å². The molecule has 0 radical (unpaired) electrons. The average molecular weight is 170 g/mol. The lowest BCUT2D eigenvalue weighted by atomic mass is 9.90. The molecule has 1 amide bonds. The molecule has 1 aliphatic rings. The summed E-state index contributed by atoms with van der Waals surface area (Å²) in [6, 6.07) is 0.0741. The van der Waals surface area contributed by atoms with Gasteiger partial charge in [-0.3, -0.25) is 9.69 Å². The predicted molar refractivity (Wildman–Crippen MR) is 48.9 cm³/mol. The van der Waals surface area contributed by atoms with Gasteiger partial charge in [-0.05, 0) is 18.9 Å². The summed E-state index contributed by atoms with van der Waals surface area (Å²) in [5, 5.41) is 2.69. The van der Waals surface area contributed by atoms with Crippen LogP contribution in [0, 0.1) is 5.41 Å². The average Bonchev–Trinajstić information content (AvgIpc) is 2.23. The molecule has 1 atom stereocenters. The molecule has 0 aliphatic carbocycles. The van der Waals surface area contributed by atoms with Crippen molar-refractivity contribution in [2.45, 2.75) is 26.3 Å². The number of hydrogen-bond donors (Lipinski definition) is 1. The first-order valence-corrected chi connectivity index (χ1v) is 4.38. The monoisotopic (exact) mass is 170 g/mol. The van der Waals surface area contributed by atoms with Crippen LogP contribution >= 0.6 is 0 Å². The number of rotatable bonds is 1. The van der Waals surface area contributed by atoms with E-state index in [4.69, 9.17) is 0 Å². The van der Waals surface area contributed by atoms with Crippen LogP contribution in [0.2, 0.25) is 0 Å². The molecule has 1 heterocycles. The van der Waals surface area contributed by atoms with Crippen LogP contribution in [0.15, 0.2) is 0 Å². The Morgan fingerprint density at radius 2 is 2.17 bits per heavy atom. The highest BCUT2D eigenvalue weighted by atomic mass is 16.2. The molecule has 1 aliphatic heterocycles. The summed E-state index contributed by atoms with van der Waals surface area (Å²) < 4.78 is 0. The molecule has 1 fully saturated rings. The van der Waals surface area contributed by atoms with E-state index in [9.17, 15) is 4.79 Å². The number of likely N-dealkylation sites (tertiary alicyclic amines) is 1. The van der Waals surface area contributed by atoms with E-state index in [0.29, 0.717) is 0 Å². The molecule has 3 heteroatoms. The van der Waals surface area contributed by atoms with Crippen LogP contribution in [0.5, 0.6) is 0 Å². The Morgan fingerprint density at radius 1 is 1.58 bits per heavy atom. The van der Waals surface area contributed by atoms with Crippen molar-refractivity contribution < 1.29 is 4.79 Å². The predicted octanol–water partition coefficient (Wildman–Crippen LogP) is 0.463. The maximum absolute atomic E-state index is 11.4. The van der Waals surface area contributed by atoms with Crippen molar-refractivity contribution in [3.8, 4) is 0 Å². The standard InChI is InChI=1S/C9H18N2O/c1-9(2)5-7(8(12)10-3)11(4)6-9/h7H,5-6H2,1-4H3,(H,10,12). The van der Waals surface area contributed by atoms with Crippen LogP contribution in [0.25, 0.3) is 0 Å². The van der Waals surface area contributed by atoms with E-state index in [1.165, 1.54) is 0 Å². The number of amides is 1. The largest absolute Gasteiger partial charge is 0.358 e. The van der Waals surface area contributed by atoms with Crippen molar-refractivity contribution >= 4 is 5.91 Å². The van der Waals surface area contributed by atoms with E-state index in [-0.39, 0.29) is 17.4 Å². The molecule has 0 aromatic rings. The molecule has 0 aromatic carbocycles. The zero-order chi connectivity index (χ0) is 9.35. The van der Waals surface area contributed by atoms with Gasteiger partial charge in [0.1, 0.15) is 0 Å². The minimum absolute atomic E-state index is 0.0741. The highest BCUT2D eigenvalue weighted by molar-refractivity contribution is 5.81. The number of carbonyl (C=O) groups is 1. The van der Waals surface area contributed by atoms with Gasteiger partial charge in [0.05, 0.1) is 6.04 Å². The Labute approximate surface area is 74.1 Å². The Morgan fingerprint density at radius 3 is 2.50 bits per heavy atom. The maximum Gasteiger partial charge on any atom is 0.237 e. The van der Waals surface area contributed by atoms with Gasteiger partial charge in [-0.1, -0.05) is 13.8 Å². The van der Waals surface area contributed by atoms with Crippen LogP contribution in [0.1, 0.15) is 20.3 Å². The van der Waals surface area contributed by atoms with E-state index < -0.39 is 0 Å². The van der Waals surface area contributed by atoms with Crippen LogP contribution < -0.4 is 5.32 Å². The lowest BCUT2D eigenvalue weighted by molar-refractivity contribution is -0.124. The van der Waals surface area contributed by atoms with Crippen molar-refractivity contribution in [3.05, 3.63) is 0 Å². The van der Waals surface area contributed by atoms with Gasteiger partial charge in [0.25, 0.3) is 0 Å². The van der Waals surface area contributed by atoms with Crippen molar-refractivity contribution in [3.63, 3.8) is 0 Å². The highest BCUT2D eigenvalue weighted by Crippen LogP contribution is 2.32. The van der Waals surface area contributed by atoms with Gasteiger partial charge in [0.2, 0.25) is 5.91 Å². The first kappa shape index (κ1) is 9.52. The summed E-state index contributed by atoms with van der Waals surface area (Å²) >= 11 is 0. The van der Waals surface area contributed by atoms with E-state index in [1.807, 2.05) is 7.05 Å². The first-order valence-electron chi connectivity index (χ1n) is 4.38. The fourth-order valence-corrected chi connectivity index (χ4v) is 1.99. The van der Waals surface area contributed by atoms with Gasteiger partial charge in [0, 0.05) is 13.6 Å². The first-order chi connectivity index (χ1) is 5.46. The smallest absolute Gasteiger partial charge is 0.237 e. The van der Waals surface area contributed by atoms with Gasteiger partial charge in [-0.25, -0.2) is 0 Å². The molecule has 0 bridgehead atoms. The molecule has 0 spiro atoms. The topological polar surface area (TPSA) is 32.3 Å². The van der Waals surface area contributed by atoms with E-state index in [1.54, 1.807) is 7.05 Å². The van der Waals surface area contributed by atoms with Crippen LogP contribution in [0.4, 0.5) is 0 Å². The molecule has 12 heavy (non-hydrogen) atoms. The molecule has 1 saturated heterocycles. The summed E-state index contributed by atoms with van der Waals surface area (Å²) in [5.41, 5.74) is 0.284.